The van der Waals surface area contributed by atoms with Crippen LogP contribution in [0.1, 0.15) is 19.4 Å². The van der Waals surface area contributed by atoms with Crippen molar-refractivity contribution in [2.45, 2.75) is 13.8 Å². The lowest BCUT2D eigenvalue weighted by Gasteiger charge is -2.08. The van der Waals surface area contributed by atoms with Gasteiger partial charge in [0, 0.05) is 17.2 Å². The molecule has 0 atom stereocenters. The Morgan fingerprint density at radius 3 is 2.45 bits per heavy atom. The molecule has 0 spiro atoms. The highest BCUT2D eigenvalue weighted by Crippen LogP contribution is 2.25. The molecule has 4 rings (SSSR count). The topological polar surface area (TPSA) is 75.0 Å². The third-order valence-electron chi connectivity index (χ3n) is 4.60. The van der Waals surface area contributed by atoms with Crippen molar-refractivity contribution < 1.29 is 14.2 Å². The Hall–Kier alpha value is -3.39. The molecule has 0 bridgehead atoms. The first-order valence-corrected chi connectivity index (χ1v) is 10.7. The van der Waals surface area contributed by atoms with Crippen molar-refractivity contribution in [2.24, 2.45) is 5.92 Å². The lowest BCUT2D eigenvalue weighted by atomic mass is 10.2. The number of thiazole rings is 1. The highest BCUT2D eigenvalue weighted by atomic mass is 32.1. The standard InChI is InChI=1S/C23H23N3O4S/c1-14(2)13-30-17-8-5-15(6-9-17)21-24-23-26(25-21)22(27)20(31-23)11-16-7-10-18(28-3)12-19(16)29-4/h5-12,14H,13H2,1-4H3/b20-11-. The maximum absolute atomic E-state index is 12.9. The number of nitrogens with zero attached hydrogens (tertiary/aromatic N) is 3. The zero-order valence-electron chi connectivity index (χ0n) is 17.8. The van der Waals surface area contributed by atoms with Crippen LogP contribution in [0.3, 0.4) is 0 Å². The van der Waals surface area contributed by atoms with Crippen molar-refractivity contribution in [1.82, 2.24) is 14.6 Å². The van der Waals surface area contributed by atoms with Gasteiger partial charge in [0.15, 0.2) is 5.82 Å². The Bertz CT molecular complexity index is 1310. The normalized spacial score (nSPS) is 12.0. The molecule has 2 aromatic heterocycles. The Morgan fingerprint density at radius 2 is 1.81 bits per heavy atom. The summed E-state index contributed by atoms with van der Waals surface area (Å²) in [6.45, 7) is 4.87. The first-order valence-electron chi connectivity index (χ1n) is 9.85. The quantitative estimate of drug-likeness (QED) is 0.441. The third-order valence-corrected chi connectivity index (χ3v) is 5.56. The Kier molecular flexibility index (Phi) is 5.90. The lowest BCUT2D eigenvalue weighted by molar-refractivity contribution is 0.271. The molecule has 2 heterocycles. The minimum atomic E-state index is -0.214. The predicted molar refractivity (Wildman–Crippen MR) is 121 cm³/mol. The van der Waals surface area contributed by atoms with Gasteiger partial charge in [-0.1, -0.05) is 25.2 Å². The molecule has 7 nitrogen and oxygen atoms in total. The molecule has 0 aliphatic heterocycles. The SMILES string of the molecule is COc1ccc(/C=c2\sc3nc(-c4ccc(OCC(C)C)cc4)nn3c2=O)c(OC)c1. The number of hydrogen-bond donors (Lipinski definition) is 0. The number of methoxy groups -OCH3 is 2. The van der Waals surface area contributed by atoms with E-state index in [4.69, 9.17) is 14.2 Å². The van der Waals surface area contributed by atoms with Crippen LogP contribution in [0.4, 0.5) is 0 Å². The number of aromatic nitrogens is 3. The highest BCUT2D eigenvalue weighted by Gasteiger charge is 2.13. The van der Waals surface area contributed by atoms with E-state index in [1.807, 2.05) is 36.4 Å². The zero-order chi connectivity index (χ0) is 22.0. The van der Waals surface area contributed by atoms with Gasteiger partial charge in [0.05, 0.1) is 25.4 Å². The van der Waals surface area contributed by atoms with E-state index in [9.17, 15) is 4.79 Å². The summed E-state index contributed by atoms with van der Waals surface area (Å²) in [7, 11) is 3.18. The van der Waals surface area contributed by atoms with Crippen molar-refractivity contribution in [2.75, 3.05) is 20.8 Å². The molecule has 8 heteroatoms. The van der Waals surface area contributed by atoms with E-state index in [1.165, 1.54) is 15.9 Å². The van der Waals surface area contributed by atoms with Gasteiger partial charge in [-0.3, -0.25) is 4.79 Å². The van der Waals surface area contributed by atoms with E-state index in [-0.39, 0.29) is 5.56 Å². The van der Waals surface area contributed by atoms with Gasteiger partial charge >= 0.3 is 0 Å². The molecule has 0 fully saturated rings. The van der Waals surface area contributed by atoms with Crippen molar-refractivity contribution >= 4 is 22.4 Å². The van der Waals surface area contributed by atoms with Crippen molar-refractivity contribution in [3.63, 3.8) is 0 Å². The van der Waals surface area contributed by atoms with Crippen LogP contribution >= 0.6 is 11.3 Å². The van der Waals surface area contributed by atoms with Crippen molar-refractivity contribution in [1.29, 1.82) is 0 Å². The predicted octanol–water partition coefficient (Wildman–Crippen LogP) is 3.42. The zero-order valence-corrected chi connectivity index (χ0v) is 18.6. The number of fused-ring (bicyclic) bond motifs is 1. The molecule has 0 aliphatic carbocycles. The summed E-state index contributed by atoms with van der Waals surface area (Å²) in [6, 6.07) is 13.0. The molecule has 0 N–H and O–H groups in total. The second-order valence-electron chi connectivity index (χ2n) is 7.38. The first-order chi connectivity index (χ1) is 15.0. The molecular formula is C23H23N3O4S. The fourth-order valence-corrected chi connectivity index (χ4v) is 3.90. The summed E-state index contributed by atoms with van der Waals surface area (Å²) in [5.41, 5.74) is 1.39. The highest BCUT2D eigenvalue weighted by molar-refractivity contribution is 7.15. The van der Waals surface area contributed by atoms with Crippen LogP contribution in [0.2, 0.25) is 0 Å². The summed E-state index contributed by atoms with van der Waals surface area (Å²) < 4.78 is 18.2. The molecule has 0 saturated heterocycles. The minimum Gasteiger partial charge on any atom is -0.497 e. The van der Waals surface area contributed by atoms with Gasteiger partial charge in [-0.15, -0.1) is 5.10 Å². The van der Waals surface area contributed by atoms with Crippen LogP contribution in [0.5, 0.6) is 17.2 Å². The lowest BCUT2D eigenvalue weighted by Crippen LogP contribution is -2.23. The number of hydrogen-bond acceptors (Lipinski definition) is 7. The van der Waals surface area contributed by atoms with Gasteiger partial charge in [0.2, 0.25) is 4.96 Å². The van der Waals surface area contributed by atoms with Gasteiger partial charge in [0.1, 0.15) is 17.2 Å². The Morgan fingerprint density at radius 1 is 1.06 bits per heavy atom. The molecule has 0 radical (unpaired) electrons. The summed E-state index contributed by atoms with van der Waals surface area (Å²) in [6.07, 6.45) is 1.78. The summed E-state index contributed by atoms with van der Waals surface area (Å²) >= 11 is 1.29. The molecule has 0 unspecified atom stereocenters. The second kappa shape index (κ2) is 8.77. The number of rotatable bonds is 7. The van der Waals surface area contributed by atoms with Crippen LogP contribution in [0.15, 0.2) is 47.3 Å². The molecule has 31 heavy (non-hydrogen) atoms. The summed E-state index contributed by atoms with van der Waals surface area (Å²) in [5, 5.41) is 4.41. The van der Waals surface area contributed by atoms with E-state index < -0.39 is 0 Å². The fraction of sp³-hybridized carbons (Fsp3) is 0.261. The first kappa shape index (κ1) is 20.9. The maximum Gasteiger partial charge on any atom is 0.291 e. The van der Waals surface area contributed by atoms with Gasteiger partial charge in [-0.2, -0.15) is 9.50 Å². The molecular weight excluding hydrogens is 414 g/mol. The van der Waals surface area contributed by atoms with E-state index in [0.29, 0.717) is 39.3 Å². The third kappa shape index (κ3) is 4.39. The molecule has 0 saturated carbocycles. The van der Waals surface area contributed by atoms with E-state index in [0.717, 1.165) is 16.9 Å². The number of benzene rings is 2. The van der Waals surface area contributed by atoms with Gasteiger partial charge in [-0.05, 0) is 48.4 Å². The average molecular weight is 438 g/mol. The van der Waals surface area contributed by atoms with E-state index in [1.54, 1.807) is 26.4 Å². The van der Waals surface area contributed by atoms with Crippen LogP contribution in [-0.2, 0) is 0 Å². The molecule has 4 aromatic rings. The number of ether oxygens (including phenoxy) is 3. The summed E-state index contributed by atoms with van der Waals surface area (Å²) in [5.74, 6) is 3.07. The minimum absolute atomic E-state index is 0.214. The molecule has 0 aliphatic rings. The van der Waals surface area contributed by atoms with Crippen LogP contribution in [0, 0.1) is 5.92 Å². The Labute approximate surface area is 183 Å². The maximum atomic E-state index is 12.9. The van der Waals surface area contributed by atoms with Gasteiger partial charge in [0.25, 0.3) is 5.56 Å². The van der Waals surface area contributed by atoms with Crippen LogP contribution in [0.25, 0.3) is 22.4 Å². The van der Waals surface area contributed by atoms with Crippen LogP contribution < -0.4 is 24.3 Å². The van der Waals surface area contributed by atoms with Crippen molar-refractivity contribution in [3.8, 4) is 28.6 Å². The molecule has 2 aromatic carbocycles. The second-order valence-corrected chi connectivity index (χ2v) is 8.39. The monoisotopic (exact) mass is 437 g/mol. The van der Waals surface area contributed by atoms with Crippen molar-refractivity contribution in [3.05, 3.63) is 62.9 Å². The van der Waals surface area contributed by atoms with E-state index >= 15 is 0 Å². The smallest absolute Gasteiger partial charge is 0.291 e. The Balaban J connectivity index is 1.65. The largest absolute Gasteiger partial charge is 0.497 e. The fourth-order valence-electron chi connectivity index (χ4n) is 3.00. The average Bonchev–Trinajstić information content (AvgIpc) is 3.32. The molecule has 0 amide bonds. The van der Waals surface area contributed by atoms with E-state index in [2.05, 4.69) is 23.9 Å². The van der Waals surface area contributed by atoms with Crippen LogP contribution in [-0.4, -0.2) is 35.4 Å². The van der Waals surface area contributed by atoms with Gasteiger partial charge < -0.3 is 14.2 Å². The summed E-state index contributed by atoms with van der Waals surface area (Å²) in [4.78, 5) is 17.9. The van der Waals surface area contributed by atoms with Gasteiger partial charge in [-0.25, -0.2) is 0 Å². The molecule has 160 valence electrons.